The third-order valence-corrected chi connectivity index (χ3v) is 16.8. The fourth-order valence-electron chi connectivity index (χ4n) is 7.14. The molecule has 0 unspecified atom stereocenters. The molecule has 0 atom stereocenters. The van der Waals surface area contributed by atoms with Crippen LogP contribution in [0.15, 0.2) is 198 Å². The molecule has 2 heterocycles. The quantitative estimate of drug-likeness (QED) is 0.0963. The predicted octanol–water partition coefficient (Wildman–Crippen LogP) is 8.54. The summed E-state index contributed by atoms with van der Waals surface area (Å²) in [5.74, 6) is 1.52. The van der Waals surface area contributed by atoms with Crippen LogP contribution >= 0.6 is 23.5 Å². The Morgan fingerprint density at radius 2 is 0.788 bits per heavy atom. The molecule has 9 rings (SSSR count). The van der Waals surface area contributed by atoms with Crippen LogP contribution in [-0.4, -0.2) is 41.4 Å². The normalized spacial score (nSPS) is 13.4. The van der Waals surface area contributed by atoms with Gasteiger partial charge in [0.05, 0.1) is 16.0 Å². The molecule has 2 nitrogen and oxygen atoms in total. The van der Waals surface area contributed by atoms with Gasteiger partial charge in [0.2, 0.25) is 11.4 Å². The summed E-state index contributed by atoms with van der Waals surface area (Å²) in [4.78, 5) is 2.16. The molecule has 7 aromatic carbocycles. The lowest BCUT2D eigenvalue weighted by Crippen LogP contribution is -2.75. The number of halogens is 1. The molecule has 2 aliphatic heterocycles. The Morgan fingerprint density at radius 3 is 1.25 bits per heavy atom. The molecule has 0 N–H and O–H groups in total. The van der Waals surface area contributed by atoms with E-state index in [2.05, 4.69) is 167 Å². The van der Waals surface area contributed by atoms with Crippen molar-refractivity contribution in [2.75, 3.05) is 11.8 Å². The monoisotopic (exact) mass is 728 g/mol. The van der Waals surface area contributed by atoms with E-state index >= 15 is 0 Å². The van der Waals surface area contributed by atoms with Crippen molar-refractivity contribution in [2.45, 2.75) is 9.79 Å². The number of rotatable bonds is 6. The van der Waals surface area contributed by atoms with Gasteiger partial charge in [0, 0.05) is 29.2 Å². The van der Waals surface area contributed by atoms with Crippen LogP contribution in [0.2, 0.25) is 0 Å². The molecule has 0 fully saturated rings. The van der Waals surface area contributed by atoms with Crippen molar-refractivity contribution in [1.82, 2.24) is 0 Å². The van der Waals surface area contributed by atoms with Crippen LogP contribution in [0.5, 0.6) is 0 Å². The lowest BCUT2D eigenvalue weighted by atomic mass is 10.2. The smallest absolute Gasteiger partial charge is 0.205 e. The van der Waals surface area contributed by atoms with E-state index in [-0.39, 0.29) is 5.82 Å². The van der Waals surface area contributed by atoms with Crippen molar-refractivity contribution in [3.05, 3.63) is 205 Å². The van der Waals surface area contributed by atoms with E-state index in [4.69, 9.17) is 0 Å². The molecule has 2 aliphatic rings. The van der Waals surface area contributed by atoms with Crippen LogP contribution < -0.4 is 20.7 Å². The van der Waals surface area contributed by atoms with Crippen molar-refractivity contribution in [3.8, 4) is 0 Å². The van der Waals surface area contributed by atoms with Gasteiger partial charge in [-0.3, -0.25) is 0 Å². The van der Waals surface area contributed by atoms with Crippen LogP contribution in [0, 0.1) is 5.82 Å². The highest BCUT2D eigenvalue weighted by Gasteiger charge is 2.44. The summed E-state index contributed by atoms with van der Waals surface area (Å²) in [7, 11) is -2.54. The minimum absolute atomic E-state index is 0.128. The molecule has 252 valence electrons. The van der Waals surface area contributed by atoms with E-state index in [0.29, 0.717) is 0 Å². The molecule has 0 radical (unpaired) electrons. The topological polar surface area (TPSA) is 6.02 Å². The highest BCUT2D eigenvalue weighted by Crippen LogP contribution is 2.31. The van der Waals surface area contributed by atoms with E-state index < -0.39 is 8.07 Å². The van der Waals surface area contributed by atoms with Crippen molar-refractivity contribution < 1.29 is 13.5 Å². The SMILES string of the molecule is C1=[N+](c2ccccc2)CSc2c1cccc2[Si](c1ccccc1)(c1ccccc1)c1ccccc1.Fc1cccc2c1SC[N+](c1ccccc1)=C2. The molecular formula is C46H37FN2S2Si+2. The molecule has 0 bridgehead atoms. The number of hydrogen-bond acceptors (Lipinski definition) is 2. The summed E-state index contributed by atoms with van der Waals surface area (Å²) >= 11 is 3.50. The maximum Gasteiger partial charge on any atom is 0.205 e. The fourth-order valence-corrected chi connectivity index (χ4v) is 14.6. The van der Waals surface area contributed by atoms with E-state index in [1.165, 1.54) is 54.7 Å². The minimum Gasteiger partial charge on any atom is -0.206 e. The average Bonchev–Trinajstić information content (AvgIpc) is 3.23. The standard InChI is InChI=1S/C32H26NSSi.C14H11FNS/c1-5-15-27(16-6-1)33-24-26-14-13-23-31(32(26)34-25-33)35(28-17-7-2-8-18-28,29-19-9-3-10-20-29)30-21-11-4-12-22-30;15-13-8-4-5-11-9-16(10-17-14(11)13)12-6-2-1-3-7-12/h1-24H,25H2;1-9H,10H2/q2*+1. The maximum absolute atomic E-state index is 13.5. The molecule has 0 saturated heterocycles. The average molecular weight is 729 g/mol. The summed E-state index contributed by atoms with van der Waals surface area (Å²) < 4.78 is 18.0. The van der Waals surface area contributed by atoms with E-state index in [1.807, 2.05) is 42.2 Å². The van der Waals surface area contributed by atoms with Crippen LogP contribution in [0.4, 0.5) is 15.8 Å². The second kappa shape index (κ2) is 15.5. The molecule has 0 spiro atoms. The Labute approximate surface area is 314 Å². The molecule has 6 heteroatoms. The molecule has 0 amide bonds. The van der Waals surface area contributed by atoms with Crippen molar-refractivity contribution in [1.29, 1.82) is 0 Å². The van der Waals surface area contributed by atoms with Gasteiger partial charge >= 0.3 is 0 Å². The van der Waals surface area contributed by atoms with Gasteiger partial charge in [-0.1, -0.05) is 169 Å². The number of fused-ring (bicyclic) bond motifs is 2. The lowest BCUT2D eigenvalue weighted by Gasteiger charge is -2.36. The van der Waals surface area contributed by atoms with Gasteiger partial charge in [-0.25, -0.2) is 4.39 Å². The summed E-state index contributed by atoms with van der Waals surface area (Å²) in [6.45, 7) is 0. The van der Waals surface area contributed by atoms with Crippen molar-refractivity contribution in [2.24, 2.45) is 0 Å². The van der Waals surface area contributed by atoms with Crippen molar-refractivity contribution >= 4 is 76.1 Å². The Morgan fingerprint density at radius 1 is 0.404 bits per heavy atom. The first-order valence-electron chi connectivity index (χ1n) is 17.4. The molecule has 52 heavy (non-hydrogen) atoms. The number of thioether (sulfide) groups is 2. The van der Waals surface area contributed by atoms with Gasteiger partial charge in [-0.15, -0.1) is 0 Å². The Bertz CT molecular complexity index is 2250. The van der Waals surface area contributed by atoms with Crippen LogP contribution in [0.1, 0.15) is 11.1 Å². The Kier molecular flexibility index (Phi) is 10.1. The number of benzene rings is 7. The summed E-state index contributed by atoms with van der Waals surface area (Å²) in [5.41, 5.74) is 4.61. The van der Waals surface area contributed by atoms with Crippen molar-refractivity contribution in [3.63, 3.8) is 0 Å². The van der Waals surface area contributed by atoms with E-state index in [1.54, 1.807) is 6.07 Å². The molecule has 0 aromatic heterocycles. The van der Waals surface area contributed by atoms with Crippen LogP contribution in [-0.2, 0) is 0 Å². The fraction of sp³-hybridized carbons (Fsp3) is 0.0435. The summed E-state index contributed by atoms with van der Waals surface area (Å²) in [6, 6.07) is 66.4. The van der Waals surface area contributed by atoms with E-state index in [9.17, 15) is 4.39 Å². The molecule has 7 aromatic rings. The molecule has 0 saturated carbocycles. The summed E-state index contributed by atoms with van der Waals surface area (Å²) in [5, 5.41) is 5.71. The van der Waals surface area contributed by atoms with Gasteiger partial charge < -0.3 is 0 Å². The largest absolute Gasteiger partial charge is 0.206 e. The lowest BCUT2D eigenvalue weighted by molar-refractivity contribution is -0.411. The highest BCUT2D eigenvalue weighted by atomic mass is 32.2. The second-order valence-corrected chi connectivity index (χ2v) is 18.3. The Balaban J connectivity index is 0.000000190. The Hall–Kier alpha value is -5.27. The molecular weight excluding hydrogens is 692 g/mol. The second-order valence-electron chi connectivity index (χ2n) is 12.6. The van der Waals surface area contributed by atoms with Crippen LogP contribution in [0.3, 0.4) is 0 Å². The zero-order valence-electron chi connectivity index (χ0n) is 28.6. The number of nitrogens with zero attached hydrogens (tertiary/aromatic N) is 2. The summed E-state index contributed by atoms with van der Waals surface area (Å²) in [6.07, 6.45) is 4.33. The number of hydrogen-bond donors (Lipinski definition) is 0. The first-order chi connectivity index (χ1) is 25.7. The van der Waals surface area contributed by atoms with Gasteiger partial charge in [-0.2, -0.15) is 9.15 Å². The highest BCUT2D eigenvalue weighted by molar-refractivity contribution is 7.99. The zero-order chi connectivity index (χ0) is 35.2. The molecule has 0 aliphatic carbocycles. The van der Waals surface area contributed by atoms with Gasteiger partial charge in [0.15, 0.2) is 32.3 Å². The van der Waals surface area contributed by atoms with Gasteiger partial charge in [-0.05, 0) is 38.9 Å². The van der Waals surface area contributed by atoms with E-state index in [0.717, 1.165) is 27.9 Å². The third-order valence-electron chi connectivity index (χ3n) is 9.53. The first kappa shape index (κ1) is 33.8. The maximum atomic E-state index is 13.5. The number of para-hydroxylation sites is 2. The first-order valence-corrected chi connectivity index (χ1v) is 21.4. The zero-order valence-corrected chi connectivity index (χ0v) is 31.2. The van der Waals surface area contributed by atoms with Crippen LogP contribution in [0.25, 0.3) is 0 Å². The third kappa shape index (κ3) is 6.73. The minimum atomic E-state index is -2.54. The van der Waals surface area contributed by atoms with Gasteiger partial charge in [0.1, 0.15) is 5.82 Å². The van der Waals surface area contributed by atoms with Gasteiger partial charge in [0.25, 0.3) is 0 Å². The predicted molar refractivity (Wildman–Crippen MR) is 221 cm³/mol.